The van der Waals surface area contributed by atoms with Gasteiger partial charge in [-0.15, -0.1) is 0 Å². The van der Waals surface area contributed by atoms with Crippen LogP contribution in [-0.2, 0) is 0 Å². The van der Waals surface area contributed by atoms with Gasteiger partial charge in [-0.25, -0.2) is 0 Å². The highest BCUT2D eigenvalue weighted by atomic mass is 16.4. The third-order valence-electron chi connectivity index (χ3n) is 4.55. The minimum atomic E-state index is 0.356. The highest BCUT2D eigenvalue weighted by Gasteiger charge is 2.18. The summed E-state index contributed by atoms with van der Waals surface area (Å²) >= 11 is 0. The number of hydrogen-bond acceptors (Lipinski definition) is 4. The minimum absolute atomic E-state index is 0.356. The molecule has 0 amide bonds. The molecule has 5 aromatic rings. The molecule has 0 fully saturated rings. The van der Waals surface area contributed by atoms with Crippen molar-refractivity contribution in [2.75, 3.05) is 0 Å². The number of nitrogens with zero attached hydrogens (tertiary/aromatic N) is 2. The summed E-state index contributed by atoms with van der Waals surface area (Å²) in [5, 5.41) is 1.94. The largest absolute Gasteiger partial charge is 0.452 e. The van der Waals surface area contributed by atoms with Crippen LogP contribution in [0.2, 0.25) is 0 Å². The first kappa shape index (κ1) is 14.2. The first-order valence-electron chi connectivity index (χ1n) is 8.37. The molecule has 0 aliphatic heterocycles. The van der Waals surface area contributed by atoms with Crippen LogP contribution in [0, 0.1) is 0 Å². The standard InChI is InChI=1S/C21H16N2O2/c1-12(2)16-10-23-17(11-22-16)13-7-5-8-15-19(13)25-20-14-6-3-4-9-18(14)24-21(15)20/h3-12H,1-2H3. The van der Waals surface area contributed by atoms with Crippen molar-refractivity contribution in [2.24, 2.45) is 0 Å². The number of furan rings is 2. The van der Waals surface area contributed by atoms with Gasteiger partial charge in [0.25, 0.3) is 0 Å². The summed E-state index contributed by atoms with van der Waals surface area (Å²) < 4.78 is 12.2. The summed E-state index contributed by atoms with van der Waals surface area (Å²) in [6.45, 7) is 4.21. The zero-order valence-corrected chi connectivity index (χ0v) is 14.0. The maximum absolute atomic E-state index is 6.21. The number of para-hydroxylation sites is 2. The predicted octanol–water partition coefficient (Wildman–Crippen LogP) is 5.91. The number of benzene rings is 2. The molecule has 4 heteroatoms. The molecule has 0 N–H and O–H groups in total. The lowest BCUT2D eigenvalue weighted by Crippen LogP contribution is -1.95. The second kappa shape index (κ2) is 5.18. The molecular formula is C21H16N2O2. The van der Waals surface area contributed by atoms with Gasteiger partial charge in [0.05, 0.1) is 28.4 Å². The Labute approximate surface area is 144 Å². The summed E-state index contributed by atoms with van der Waals surface area (Å²) in [6, 6.07) is 13.9. The van der Waals surface area contributed by atoms with E-state index in [1.165, 1.54) is 0 Å². The van der Waals surface area contributed by atoms with Crippen molar-refractivity contribution in [3.8, 4) is 11.3 Å². The number of rotatable bonds is 2. The molecule has 0 saturated heterocycles. The summed E-state index contributed by atoms with van der Waals surface area (Å²) in [4.78, 5) is 9.11. The highest BCUT2D eigenvalue weighted by Crippen LogP contribution is 2.39. The van der Waals surface area contributed by atoms with Crippen LogP contribution in [0.25, 0.3) is 44.4 Å². The highest BCUT2D eigenvalue weighted by molar-refractivity contribution is 6.14. The minimum Gasteiger partial charge on any atom is -0.452 e. The molecule has 25 heavy (non-hydrogen) atoms. The Morgan fingerprint density at radius 1 is 0.760 bits per heavy atom. The van der Waals surface area contributed by atoms with Gasteiger partial charge < -0.3 is 8.83 Å². The van der Waals surface area contributed by atoms with Crippen LogP contribution in [0.3, 0.4) is 0 Å². The monoisotopic (exact) mass is 328 g/mol. The van der Waals surface area contributed by atoms with E-state index >= 15 is 0 Å². The maximum Gasteiger partial charge on any atom is 0.181 e. The van der Waals surface area contributed by atoms with Gasteiger partial charge in [0, 0.05) is 11.8 Å². The fourth-order valence-electron chi connectivity index (χ4n) is 3.21. The smallest absolute Gasteiger partial charge is 0.181 e. The summed E-state index contributed by atoms with van der Waals surface area (Å²) in [5.41, 5.74) is 5.90. The van der Waals surface area contributed by atoms with Crippen LogP contribution in [0.4, 0.5) is 0 Å². The number of hydrogen-bond donors (Lipinski definition) is 0. The molecule has 0 unspecified atom stereocenters. The third kappa shape index (κ3) is 2.07. The Bertz CT molecular complexity index is 1210. The maximum atomic E-state index is 6.21. The fraction of sp³-hybridized carbons (Fsp3) is 0.143. The molecule has 0 spiro atoms. The van der Waals surface area contributed by atoms with Crippen molar-refractivity contribution in [3.05, 3.63) is 60.6 Å². The molecule has 4 nitrogen and oxygen atoms in total. The second-order valence-electron chi connectivity index (χ2n) is 6.52. The predicted molar refractivity (Wildman–Crippen MR) is 98.6 cm³/mol. The first-order valence-corrected chi connectivity index (χ1v) is 8.37. The Balaban J connectivity index is 1.77. The lowest BCUT2D eigenvalue weighted by molar-refractivity contribution is 0.653. The Morgan fingerprint density at radius 3 is 2.36 bits per heavy atom. The fourth-order valence-corrected chi connectivity index (χ4v) is 3.21. The molecule has 0 saturated carbocycles. The van der Waals surface area contributed by atoms with Gasteiger partial charge >= 0.3 is 0 Å². The first-order chi connectivity index (χ1) is 12.2. The third-order valence-corrected chi connectivity index (χ3v) is 4.55. The van der Waals surface area contributed by atoms with E-state index in [1.807, 2.05) is 54.9 Å². The normalized spacial score (nSPS) is 12.0. The van der Waals surface area contributed by atoms with E-state index in [0.29, 0.717) is 5.92 Å². The molecule has 0 aliphatic carbocycles. The van der Waals surface area contributed by atoms with Crippen molar-refractivity contribution in [2.45, 2.75) is 19.8 Å². The van der Waals surface area contributed by atoms with Crippen molar-refractivity contribution in [1.82, 2.24) is 9.97 Å². The molecule has 122 valence electrons. The van der Waals surface area contributed by atoms with Crippen LogP contribution in [0.1, 0.15) is 25.5 Å². The molecule has 0 bridgehead atoms. The summed E-state index contributed by atoms with van der Waals surface area (Å²) in [5.74, 6) is 0.356. The van der Waals surface area contributed by atoms with E-state index in [9.17, 15) is 0 Å². The Kier molecular flexibility index (Phi) is 2.95. The summed E-state index contributed by atoms with van der Waals surface area (Å²) in [7, 11) is 0. The molecular weight excluding hydrogens is 312 g/mol. The van der Waals surface area contributed by atoms with E-state index < -0.39 is 0 Å². The van der Waals surface area contributed by atoms with E-state index in [2.05, 4.69) is 23.8 Å². The van der Waals surface area contributed by atoms with Crippen molar-refractivity contribution in [1.29, 1.82) is 0 Å². The molecule has 2 aromatic carbocycles. The topological polar surface area (TPSA) is 52.1 Å². The van der Waals surface area contributed by atoms with Gasteiger partial charge in [-0.3, -0.25) is 9.97 Å². The van der Waals surface area contributed by atoms with Gasteiger partial charge in [0.1, 0.15) is 11.2 Å². The average molecular weight is 328 g/mol. The van der Waals surface area contributed by atoms with Crippen LogP contribution < -0.4 is 0 Å². The number of aromatic nitrogens is 2. The molecule has 0 radical (unpaired) electrons. The van der Waals surface area contributed by atoms with E-state index in [0.717, 1.165) is 50.1 Å². The summed E-state index contributed by atoms with van der Waals surface area (Å²) in [6.07, 6.45) is 3.65. The molecule has 5 rings (SSSR count). The molecule has 0 aliphatic rings. The van der Waals surface area contributed by atoms with Crippen molar-refractivity contribution in [3.63, 3.8) is 0 Å². The lowest BCUT2D eigenvalue weighted by atomic mass is 10.1. The Hall–Kier alpha value is -3.14. The van der Waals surface area contributed by atoms with E-state index in [-0.39, 0.29) is 0 Å². The van der Waals surface area contributed by atoms with Gasteiger partial charge in [0.2, 0.25) is 0 Å². The van der Waals surface area contributed by atoms with E-state index in [1.54, 1.807) is 0 Å². The second-order valence-corrected chi connectivity index (χ2v) is 6.52. The van der Waals surface area contributed by atoms with Crippen LogP contribution >= 0.6 is 0 Å². The Morgan fingerprint density at radius 2 is 1.56 bits per heavy atom. The van der Waals surface area contributed by atoms with Gasteiger partial charge in [-0.1, -0.05) is 32.0 Å². The van der Waals surface area contributed by atoms with Crippen LogP contribution in [0.5, 0.6) is 0 Å². The van der Waals surface area contributed by atoms with Gasteiger partial charge in [-0.05, 0) is 30.2 Å². The quantitative estimate of drug-likeness (QED) is 0.404. The van der Waals surface area contributed by atoms with Gasteiger partial charge in [-0.2, -0.15) is 0 Å². The SMILES string of the molecule is CC(C)c1cnc(-c2cccc3c2oc2c4ccccc4oc32)cn1. The van der Waals surface area contributed by atoms with E-state index in [4.69, 9.17) is 8.83 Å². The van der Waals surface area contributed by atoms with Crippen LogP contribution in [0.15, 0.2) is 63.7 Å². The average Bonchev–Trinajstić information content (AvgIpc) is 3.18. The molecule has 3 heterocycles. The van der Waals surface area contributed by atoms with Gasteiger partial charge in [0.15, 0.2) is 11.2 Å². The zero-order valence-electron chi connectivity index (χ0n) is 14.0. The van der Waals surface area contributed by atoms with Crippen molar-refractivity contribution < 1.29 is 8.83 Å². The molecule has 0 atom stereocenters. The zero-order chi connectivity index (χ0) is 17.0. The van der Waals surface area contributed by atoms with Crippen molar-refractivity contribution >= 4 is 33.1 Å². The molecule has 3 aromatic heterocycles. The number of fused-ring (bicyclic) bond motifs is 5. The van der Waals surface area contributed by atoms with Crippen LogP contribution in [-0.4, -0.2) is 9.97 Å². The lowest BCUT2D eigenvalue weighted by Gasteiger charge is -2.05.